The molecule has 0 aromatic carbocycles. The second kappa shape index (κ2) is 10.3. The van der Waals surface area contributed by atoms with Crippen molar-refractivity contribution in [2.24, 2.45) is 0 Å². The third kappa shape index (κ3) is 14.4. The van der Waals surface area contributed by atoms with Gasteiger partial charge in [-0.15, -0.1) is 0 Å². The molecule has 0 unspecified atom stereocenters. The summed E-state index contributed by atoms with van der Waals surface area (Å²) in [4.78, 5) is 0. The van der Waals surface area contributed by atoms with Gasteiger partial charge in [-0.2, -0.15) is 0 Å². The van der Waals surface area contributed by atoms with Crippen molar-refractivity contribution in [3.8, 4) is 0 Å². The van der Waals surface area contributed by atoms with E-state index in [4.69, 9.17) is 24.7 Å². The Labute approximate surface area is 194 Å². The highest BCUT2D eigenvalue weighted by Crippen LogP contribution is 2.31. The lowest BCUT2D eigenvalue weighted by Crippen LogP contribution is -2.66. The van der Waals surface area contributed by atoms with Crippen LogP contribution in [0.3, 0.4) is 0 Å². The summed E-state index contributed by atoms with van der Waals surface area (Å²) in [5.74, 6) is 0. The maximum atomic E-state index is 6.78. The van der Waals surface area contributed by atoms with Crippen molar-refractivity contribution in [3.05, 3.63) is 6.04 Å². The van der Waals surface area contributed by atoms with Crippen molar-refractivity contribution in [1.29, 1.82) is 0 Å². The monoisotopic (exact) mass is 545 g/mol. The van der Waals surface area contributed by atoms with Crippen LogP contribution in [0, 0.1) is 6.04 Å². The second-order valence-electron chi connectivity index (χ2n) is 12.0. The van der Waals surface area contributed by atoms with E-state index in [1.807, 2.05) is 13.0 Å². The lowest BCUT2D eigenvalue weighted by Gasteiger charge is -2.46. The highest BCUT2D eigenvalue weighted by atomic mass is 28.5. The summed E-state index contributed by atoms with van der Waals surface area (Å²) >= 11 is 0. The zero-order valence-electron chi connectivity index (χ0n) is 22.5. The highest BCUT2D eigenvalue weighted by molar-refractivity contribution is 6.93. The third-order valence-electron chi connectivity index (χ3n) is 3.17. The summed E-state index contributed by atoms with van der Waals surface area (Å²) in [6.07, 6.45) is 0. The molecule has 6 nitrogen and oxygen atoms in total. The molecule has 181 valence electrons. The first-order chi connectivity index (χ1) is 12.8. The summed E-state index contributed by atoms with van der Waals surface area (Å²) in [6.45, 7) is 34.2. The van der Waals surface area contributed by atoms with Crippen molar-refractivity contribution >= 4 is 59.4 Å². The first-order valence-corrected chi connectivity index (χ1v) is 31.3. The van der Waals surface area contributed by atoms with Crippen LogP contribution >= 0.6 is 0 Å². The SMILES string of the molecule is C[CH][Si](O[Si](C)(C)O[Si](C)(C)C)(O[Si](C)(C)O[Si](C)(C)C)O[Si](C)(C)O[Si](C)(C)C. The molecule has 0 spiro atoms. The van der Waals surface area contributed by atoms with Gasteiger partial charge in [-0.1, -0.05) is 6.92 Å². The van der Waals surface area contributed by atoms with Gasteiger partial charge in [0.15, 0.2) is 25.0 Å². The lowest BCUT2D eigenvalue weighted by molar-refractivity contribution is 0.200. The largest absolute Gasteiger partial charge is 0.477 e. The van der Waals surface area contributed by atoms with Gasteiger partial charge in [0.05, 0.1) is 0 Å². The van der Waals surface area contributed by atoms with Crippen LogP contribution in [0.25, 0.3) is 0 Å². The molecule has 0 aliphatic rings. The van der Waals surface area contributed by atoms with E-state index in [1.165, 1.54) is 0 Å². The van der Waals surface area contributed by atoms with Gasteiger partial charge in [0.2, 0.25) is 0 Å². The highest BCUT2D eigenvalue weighted by Gasteiger charge is 2.55. The molecule has 0 amide bonds. The van der Waals surface area contributed by atoms with Crippen molar-refractivity contribution in [2.45, 2.75) is 105 Å². The third-order valence-corrected chi connectivity index (χ3v) is 26.4. The Balaban J connectivity index is 6.08. The van der Waals surface area contributed by atoms with Crippen LogP contribution in [0.15, 0.2) is 0 Å². The van der Waals surface area contributed by atoms with E-state index >= 15 is 0 Å². The minimum absolute atomic E-state index is 1.79. The molecule has 0 aliphatic heterocycles. The molecular weight excluding hydrogens is 497 g/mol. The van der Waals surface area contributed by atoms with E-state index in [9.17, 15) is 0 Å². The second-order valence-corrected chi connectivity index (χ2v) is 39.8. The van der Waals surface area contributed by atoms with Crippen molar-refractivity contribution in [3.63, 3.8) is 0 Å². The molecule has 0 saturated carbocycles. The fourth-order valence-corrected chi connectivity index (χ4v) is 34.1. The Morgan fingerprint density at radius 2 is 0.567 bits per heavy atom. The predicted octanol–water partition coefficient (Wildman–Crippen LogP) is 6.40. The Morgan fingerprint density at radius 1 is 0.367 bits per heavy atom. The van der Waals surface area contributed by atoms with Gasteiger partial charge in [0, 0.05) is 6.04 Å². The summed E-state index contributed by atoms with van der Waals surface area (Å²) < 4.78 is 39.8. The Hall–Kier alpha value is 1.28. The molecule has 0 N–H and O–H groups in total. The van der Waals surface area contributed by atoms with Crippen LogP contribution < -0.4 is 0 Å². The number of hydrogen-bond acceptors (Lipinski definition) is 6. The van der Waals surface area contributed by atoms with Gasteiger partial charge in [-0.05, 0) is 98.2 Å². The first-order valence-electron chi connectivity index (χ1n) is 10.8. The fourth-order valence-electron chi connectivity index (χ4n) is 3.54. The minimum Gasteiger partial charge on any atom is -0.437 e. The lowest BCUT2D eigenvalue weighted by atomic mass is 11.0. The average Bonchev–Trinajstić information content (AvgIpc) is 2.25. The summed E-state index contributed by atoms with van der Waals surface area (Å²) in [5.41, 5.74) is 0. The van der Waals surface area contributed by atoms with E-state index in [0.717, 1.165) is 0 Å². The molecule has 0 fully saturated rings. The number of hydrogen-bond donors (Lipinski definition) is 0. The van der Waals surface area contributed by atoms with Crippen LogP contribution in [-0.4, -0.2) is 59.4 Å². The molecule has 0 aromatic heterocycles. The van der Waals surface area contributed by atoms with E-state index < -0.39 is 59.4 Å². The zero-order chi connectivity index (χ0) is 24.4. The molecule has 13 heteroatoms. The molecule has 1 radical (unpaired) electrons. The fraction of sp³-hybridized carbons (Fsp3) is 0.941. The molecule has 0 rings (SSSR count). The average molecular weight is 546 g/mol. The molecule has 0 atom stereocenters. The molecule has 30 heavy (non-hydrogen) atoms. The molecule has 0 aromatic rings. The van der Waals surface area contributed by atoms with Crippen LogP contribution in [0.4, 0.5) is 0 Å². The minimum atomic E-state index is -3.22. The Bertz CT molecular complexity index is 476. The van der Waals surface area contributed by atoms with Crippen LogP contribution in [0.1, 0.15) is 6.92 Å². The standard InChI is InChI=1S/C17H49O6Si7/c1-17-30(21-27(11,12)18-24(2,3)4,22-28(13,14)19-25(5,6)7)23-29(15,16)20-26(8,9)10/h17H,1-16H3. The first kappa shape index (κ1) is 31.3. The summed E-state index contributed by atoms with van der Waals surface area (Å²) in [5, 5.41) is 0. The molecule has 0 bridgehead atoms. The van der Waals surface area contributed by atoms with Gasteiger partial charge in [-0.25, -0.2) is 0 Å². The Kier molecular flexibility index (Phi) is 10.7. The van der Waals surface area contributed by atoms with Crippen molar-refractivity contribution in [1.82, 2.24) is 0 Å². The maximum Gasteiger partial charge on any atom is 0.477 e. The van der Waals surface area contributed by atoms with Crippen molar-refractivity contribution < 1.29 is 24.7 Å². The van der Waals surface area contributed by atoms with Crippen LogP contribution in [0.5, 0.6) is 0 Å². The van der Waals surface area contributed by atoms with Crippen LogP contribution in [0.2, 0.25) is 98.2 Å². The quantitative estimate of drug-likeness (QED) is 0.250. The van der Waals surface area contributed by atoms with Gasteiger partial charge in [0.1, 0.15) is 0 Å². The molecule has 0 aliphatic carbocycles. The van der Waals surface area contributed by atoms with E-state index in [-0.39, 0.29) is 0 Å². The van der Waals surface area contributed by atoms with E-state index in [0.29, 0.717) is 0 Å². The summed E-state index contributed by atoms with van der Waals surface area (Å²) in [7, 11) is -16.1. The molecular formula is C17H49O6Si7. The number of rotatable bonds is 13. The van der Waals surface area contributed by atoms with Crippen LogP contribution in [-0.2, 0) is 24.7 Å². The smallest absolute Gasteiger partial charge is 0.437 e. The van der Waals surface area contributed by atoms with Gasteiger partial charge in [0.25, 0.3) is 0 Å². The predicted molar refractivity (Wildman–Crippen MR) is 145 cm³/mol. The topological polar surface area (TPSA) is 55.4 Å². The van der Waals surface area contributed by atoms with Gasteiger partial charge >= 0.3 is 34.5 Å². The summed E-state index contributed by atoms with van der Waals surface area (Å²) in [6, 6.07) is 2.00. The van der Waals surface area contributed by atoms with Gasteiger partial charge in [-0.3, -0.25) is 0 Å². The van der Waals surface area contributed by atoms with Gasteiger partial charge < -0.3 is 24.7 Å². The normalized spacial score (nSPS) is 15.6. The van der Waals surface area contributed by atoms with E-state index in [1.54, 1.807) is 0 Å². The van der Waals surface area contributed by atoms with E-state index in [2.05, 4.69) is 98.2 Å². The maximum absolute atomic E-state index is 6.78. The Morgan fingerprint density at radius 3 is 0.700 bits per heavy atom. The molecule has 0 heterocycles. The zero-order valence-corrected chi connectivity index (χ0v) is 29.5. The van der Waals surface area contributed by atoms with Crippen molar-refractivity contribution in [2.75, 3.05) is 0 Å². The molecule has 0 saturated heterocycles.